The van der Waals surface area contributed by atoms with Crippen LogP contribution in [0.25, 0.3) is 0 Å². The molecule has 0 aliphatic rings. The number of hydrogen-bond donors (Lipinski definition) is 1. The van der Waals surface area contributed by atoms with Gasteiger partial charge in [-0.3, -0.25) is 0 Å². The molecule has 0 unspecified atom stereocenters. The molecule has 2 rings (SSSR count). The normalized spacial score (nSPS) is 9.61. The molecule has 0 bridgehead atoms. The molecule has 0 radical (unpaired) electrons. The molecule has 6 nitrogen and oxygen atoms in total. The van der Waals surface area contributed by atoms with Crippen LogP contribution >= 0.6 is 11.6 Å². The quantitative estimate of drug-likeness (QED) is 0.912. The zero-order valence-electron chi connectivity index (χ0n) is 9.38. The van der Waals surface area contributed by atoms with Crippen molar-refractivity contribution >= 4 is 17.5 Å². The van der Waals surface area contributed by atoms with Crippen molar-refractivity contribution in [3.63, 3.8) is 0 Å². The van der Waals surface area contributed by atoms with E-state index in [1.54, 1.807) is 31.3 Å². The van der Waals surface area contributed by atoms with Gasteiger partial charge in [-0.2, -0.15) is 20.2 Å². The Hall–Kier alpha value is -2.39. The highest BCUT2D eigenvalue weighted by molar-refractivity contribution is 6.28. The van der Waals surface area contributed by atoms with Crippen LogP contribution in [0.1, 0.15) is 5.56 Å². The SMILES string of the molecule is CNc1nc(Cl)nc(Oc2ccccc2C#N)n1. The van der Waals surface area contributed by atoms with E-state index in [4.69, 9.17) is 21.6 Å². The van der Waals surface area contributed by atoms with E-state index >= 15 is 0 Å². The molecular formula is C11H8ClN5O. The van der Waals surface area contributed by atoms with Crippen molar-refractivity contribution in [1.82, 2.24) is 15.0 Å². The molecule has 0 aliphatic carbocycles. The van der Waals surface area contributed by atoms with Crippen molar-refractivity contribution in [3.8, 4) is 17.8 Å². The van der Waals surface area contributed by atoms with Crippen LogP contribution in [0.4, 0.5) is 5.95 Å². The molecule has 0 saturated carbocycles. The van der Waals surface area contributed by atoms with Crippen LogP contribution in [0.5, 0.6) is 11.8 Å². The number of para-hydroxylation sites is 1. The molecule has 90 valence electrons. The first-order valence-electron chi connectivity index (χ1n) is 4.99. The molecule has 7 heteroatoms. The first kappa shape index (κ1) is 12.1. The van der Waals surface area contributed by atoms with Crippen LogP contribution in [-0.2, 0) is 0 Å². The van der Waals surface area contributed by atoms with Crippen LogP contribution in [0, 0.1) is 11.3 Å². The Morgan fingerprint density at radius 2 is 2.06 bits per heavy atom. The number of halogens is 1. The third kappa shape index (κ3) is 2.64. The minimum Gasteiger partial charge on any atom is -0.423 e. The number of hydrogen-bond acceptors (Lipinski definition) is 6. The van der Waals surface area contributed by atoms with Gasteiger partial charge in [0.15, 0.2) is 0 Å². The Morgan fingerprint density at radius 3 is 2.78 bits per heavy atom. The highest BCUT2D eigenvalue weighted by atomic mass is 35.5. The summed E-state index contributed by atoms with van der Waals surface area (Å²) in [6.45, 7) is 0. The van der Waals surface area contributed by atoms with Gasteiger partial charge in [-0.25, -0.2) is 0 Å². The second-order valence-electron chi connectivity index (χ2n) is 3.17. The average Bonchev–Trinajstić information content (AvgIpc) is 2.38. The fourth-order valence-corrected chi connectivity index (χ4v) is 1.39. The average molecular weight is 262 g/mol. The van der Waals surface area contributed by atoms with E-state index in [2.05, 4.69) is 20.3 Å². The van der Waals surface area contributed by atoms with Gasteiger partial charge in [-0.15, -0.1) is 0 Å². The Kier molecular flexibility index (Phi) is 3.55. The smallest absolute Gasteiger partial charge is 0.328 e. The van der Waals surface area contributed by atoms with Gasteiger partial charge < -0.3 is 10.1 Å². The standard InChI is InChI=1S/C11H8ClN5O/c1-14-10-15-9(12)16-11(17-10)18-8-5-3-2-4-7(8)6-13/h2-5H,1H3,(H,14,15,16,17). The second-order valence-corrected chi connectivity index (χ2v) is 3.51. The molecule has 2 aromatic rings. The highest BCUT2D eigenvalue weighted by Crippen LogP contribution is 2.23. The molecule has 1 N–H and O–H groups in total. The number of nitrogens with zero attached hydrogens (tertiary/aromatic N) is 4. The lowest BCUT2D eigenvalue weighted by Crippen LogP contribution is -2.01. The van der Waals surface area contributed by atoms with Crippen LogP contribution in [0.15, 0.2) is 24.3 Å². The van der Waals surface area contributed by atoms with E-state index in [1.165, 1.54) is 0 Å². The van der Waals surface area contributed by atoms with E-state index < -0.39 is 0 Å². The van der Waals surface area contributed by atoms with Crippen LogP contribution in [-0.4, -0.2) is 22.0 Å². The van der Waals surface area contributed by atoms with Gasteiger partial charge in [0.1, 0.15) is 11.8 Å². The predicted molar refractivity (Wildman–Crippen MR) is 65.6 cm³/mol. The lowest BCUT2D eigenvalue weighted by atomic mass is 10.2. The number of benzene rings is 1. The van der Waals surface area contributed by atoms with Crippen molar-refractivity contribution < 1.29 is 4.74 Å². The van der Waals surface area contributed by atoms with Crippen molar-refractivity contribution in [3.05, 3.63) is 35.1 Å². The van der Waals surface area contributed by atoms with Crippen LogP contribution in [0.2, 0.25) is 5.28 Å². The van der Waals surface area contributed by atoms with E-state index in [1.807, 2.05) is 6.07 Å². The number of nitrogens with one attached hydrogen (secondary N) is 1. The van der Waals surface area contributed by atoms with Gasteiger partial charge in [0, 0.05) is 7.05 Å². The summed E-state index contributed by atoms with van der Waals surface area (Å²) in [5.41, 5.74) is 0.389. The Bertz CT molecular complexity index is 611. The van der Waals surface area contributed by atoms with E-state index in [0.717, 1.165) is 0 Å². The summed E-state index contributed by atoms with van der Waals surface area (Å²) < 4.78 is 5.41. The lowest BCUT2D eigenvalue weighted by Gasteiger charge is -2.06. The minimum atomic E-state index is 0.0128. The first-order valence-corrected chi connectivity index (χ1v) is 5.37. The van der Waals surface area contributed by atoms with Gasteiger partial charge in [0.25, 0.3) is 0 Å². The van der Waals surface area contributed by atoms with E-state index in [-0.39, 0.29) is 11.3 Å². The monoisotopic (exact) mass is 261 g/mol. The minimum absolute atomic E-state index is 0.0128. The number of anilines is 1. The van der Waals surface area contributed by atoms with Crippen LogP contribution in [0.3, 0.4) is 0 Å². The largest absolute Gasteiger partial charge is 0.423 e. The number of nitriles is 1. The van der Waals surface area contributed by atoms with E-state index in [0.29, 0.717) is 17.3 Å². The third-order valence-corrected chi connectivity index (χ3v) is 2.19. The number of aromatic nitrogens is 3. The summed E-state index contributed by atoms with van der Waals surface area (Å²) in [5, 5.41) is 11.7. The maximum Gasteiger partial charge on any atom is 0.328 e. The predicted octanol–water partition coefficient (Wildman–Crippen LogP) is 2.23. The number of ether oxygens (including phenoxy) is 1. The molecule has 0 amide bonds. The molecule has 0 atom stereocenters. The fourth-order valence-electron chi connectivity index (χ4n) is 1.24. The summed E-state index contributed by atoms with van der Waals surface area (Å²) in [6, 6.07) is 8.82. The van der Waals surface area contributed by atoms with Crippen LogP contribution < -0.4 is 10.1 Å². The zero-order valence-corrected chi connectivity index (χ0v) is 10.1. The molecule has 1 aromatic heterocycles. The summed E-state index contributed by atoms with van der Waals surface area (Å²) in [6.07, 6.45) is 0. The molecule has 0 spiro atoms. The molecular weight excluding hydrogens is 254 g/mol. The van der Waals surface area contributed by atoms with Crippen molar-refractivity contribution in [2.45, 2.75) is 0 Å². The molecule has 1 heterocycles. The summed E-state index contributed by atoms with van der Waals surface area (Å²) in [4.78, 5) is 11.6. The molecule has 0 aliphatic heterocycles. The molecule has 18 heavy (non-hydrogen) atoms. The summed E-state index contributed by atoms with van der Waals surface area (Å²) >= 11 is 5.72. The molecule has 1 aromatic carbocycles. The zero-order chi connectivity index (χ0) is 13.0. The molecule has 0 saturated heterocycles. The number of rotatable bonds is 3. The van der Waals surface area contributed by atoms with Crippen molar-refractivity contribution in [2.24, 2.45) is 0 Å². The van der Waals surface area contributed by atoms with Gasteiger partial charge in [0.2, 0.25) is 11.2 Å². The van der Waals surface area contributed by atoms with Crippen molar-refractivity contribution in [1.29, 1.82) is 5.26 Å². The molecule has 0 fully saturated rings. The maximum absolute atomic E-state index is 8.93. The Morgan fingerprint density at radius 1 is 1.28 bits per heavy atom. The first-order chi connectivity index (χ1) is 8.72. The highest BCUT2D eigenvalue weighted by Gasteiger charge is 2.08. The second kappa shape index (κ2) is 5.29. The van der Waals surface area contributed by atoms with Gasteiger partial charge in [-0.1, -0.05) is 12.1 Å². The van der Waals surface area contributed by atoms with Gasteiger partial charge in [0.05, 0.1) is 5.56 Å². The summed E-state index contributed by atoms with van der Waals surface area (Å²) in [7, 11) is 1.65. The van der Waals surface area contributed by atoms with Gasteiger partial charge in [-0.05, 0) is 23.7 Å². The lowest BCUT2D eigenvalue weighted by molar-refractivity contribution is 0.439. The van der Waals surface area contributed by atoms with E-state index in [9.17, 15) is 0 Å². The topological polar surface area (TPSA) is 83.7 Å². The van der Waals surface area contributed by atoms with Crippen molar-refractivity contribution in [2.75, 3.05) is 12.4 Å². The Labute approximate surface area is 108 Å². The summed E-state index contributed by atoms with van der Waals surface area (Å²) in [5.74, 6) is 0.656. The Balaban J connectivity index is 2.34. The van der Waals surface area contributed by atoms with Gasteiger partial charge >= 0.3 is 6.01 Å². The third-order valence-electron chi connectivity index (χ3n) is 2.02. The fraction of sp³-hybridized carbons (Fsp3) is 0.0909. The maximum atomic E-state index is 8.93.